The number of rotatable bonds is 3. The number of carbonyl (C=O) groups is 1. The third-order valence-electron chi connectivity index (χ3n) is 1.80. The van der Waals surface area contributed by atoms with Gasteiger partial charge in [-0.1, -0.05) is 12.6 Å². The van der Waals surface area contributed by atoms with E-state index in [4.69, 9.17) is 4.74 Å². The molecule has 0 saturated heterocycles. The minimum absolute atomic E-state index is 0.358. The summed E-state index contributed by atoms with van der Waals surface area (Å²) in [4.78, 5) is 24.5. The van der Waals surface area contributed by atoms with Gasteiger partial charge in [0.05, 0.1) is 5.69 Å². The van der Waals surface area contributed by atoms with Gasteiger partial charge in [0, 0.05) is 11.6 Å². The predicted molar refractivity (Wildman–Crippen MR) is 54.8 cm³/mol. The fourth-order valence-electron chi connectivity index (χ4n) is 1.03. The van der Waals surface area contributed by atoms with Gasteiger partial charge in [-0.05, 0) is 19.1 Å². The van der Waals surface area contributed by atoms with Gasteiger partial charge in [-0.3, -0.25) is 0 Å². The minimum atomic E-state index is -0.551. The first-order valence-corrected chi connectivity index (χ1v) is 4.20. The Morgan fingerprint density at radius 2 is 2.33 bits per heavy atom. The largest absolute Gasteiger partial charge is 0.423 e. The summed E-state index contributed by atoms with van der Waals surface area (Å²) in [6.45, 7) is 4.98. The van der Waals surface area contributed by atoms with Crippen LogP contribution in [0.2, 0.25) is 0 Å². The second-order valence-corrected chi connectivity index (χ2v) is 2.73. The Morgan fingerprint density at radius 1 is 1.60 bits per heavy atom. The fourth-order valence-corrected chi connectivity index (χ4v) is 1.03. The first-order valence-electron chi connectivity index (χ1n) is 4.20. The van der Waals surface area contributed by atoms with E-state index in [1.165, 1.54) is 6.08 Å². The summed E-state index contributed by atoms with van der Waals surface area (Å²) in [5.41, 5.74) is 1.04. The molecular weight excluding hydrogens is 194 g/mol. The Balaban J connectivity index is 3.09. The lowest BCUT2D eigenvalue weighted by atomic mass is 10.2. The molecule has 0 heterocycles. The van der Waals surface area contributed by atoms with E-state index in [2.05, 4.69) is 11.6 Å². The highest BCUT2D eigenvalue weighted by molar-refractivity contribution is 5.83. The molecule has 0 amide bonds. The number of hydrogen-bond acceptors (Lipinski definition) is 4. The molecule has 0 N–H and O–H groups in total. The number of hydrogen-bond donors (Lipinski definition) is 0. The summed E-state index contributed by atoms with van der Waals surface area (Å²) < 4.78 is 4.93. The Hall–Kier alpha value is -2.19. The number of isocyanates is 1. The molecule has 0 aliphatic rings. The van der Waals surface area contributed by atoms with Crippen LogP contribution in [0.1, 0.15) is 5.56 Å². The zero-order valence-corrected chi connectivity index (χ0v) is 8.19. The van der Waals surface area contributed by atoms with Crippen molar-refractivity contribution >= 4 is 17.7 Å². The number of esters is 1. The quantitative estimate of drug-likeness (QED) is 0.248. The summed E-state index contributed by atoms with van der Waals surface area (Å²) >= 11 is 0. The number of benzene rings is 1. The third kappa shape index (κ3) is 2.62. The molecule has 76 valence electrons. The molecule has 0 bridgehead atoms. The standard InChI is InChI=1S/C11H9NO3/c1-3-11(14)15-10-6-4-5-9(8(10)2)12-7-13/h3-6H,1H2,2H3. The van der Waals surface area contributed by atoms with Gasteiger partial charge in [-0.25, -0.2) is 9.59 Å². The molecule has 0 saturated carbocycles. The highest BCUT2D eigenvalue weighted by atomic mass is 16.5. The van der Waals surface area contributed by atoms with Gasteiger partial charge in [-0.2, -0.15) is 4.99 Å². The number of ether oxygens (including phenoxy) is 1. The zero-order chi connectivity index (χ0) is 11.3. The van der Waals surface area contributed by atoms with Gasteiger partial charge in [0.15, 0.2) is 0 Å². The lowest BCUT2D eigenvalue weighted by molar-refractivity contribution is -0.129. The molecule has 0 aromatic heterocycles. The van der Waals surface area contributed by atoms with E-state index >= 15 is 0 Å². The van der Waals surface area contributed by atoms with Crippen LogP contribution in [-0.2, 0) is 9.59 Å². The van der Waals surface area contributed by atoms with Crippen molar-refractivity contribution in [3.8, 4) is 5.75 Å². The average Bonchev–Trinajstić information content (AvgIpc) is 2.24. The van der Waals surface area contributed by atoms with Crippen LogP contribution in [0.25, 0.3) is 0 Å². The van der Waals surface area contributed by atoms with Gasteiger partial charge in [-0.15, -0.1) is 0 Å². The molecule has 0 radical (unpaired) electrons. The Kier molecular flexibility index (Phi) is 3.55. The zero-order valence-electron chi connectivity index (χ0n) is 8.19. The molecule has 0 spiro atoms. The van der Waals surface area contributed by atoms with E-state index in [-0.39, 0.29) is 0 Å². The van der Waals surface area contributed by atoms with E-state index in [9.17, 15) is 9.59 Å². The van der Waals surface area contributed by atoms with Crippen LogP contribution >= 0.6 is 0 Å². The van der Waals surface area contributed by atoms with Gasteiger partial charge in [0.25, 0.3) is 0 Å². The van der Waals surface area contributed by atoms with Crippen molar-refractivity contribution in [2.75, 3.05) is 0 Å². The number of nitrogens with zero attached hydrogens (tertiary/aromatic N) is 1. The molecular formula is C11H9NO3. The topological polar surface area (TPSA) is 55.7 Å². The van der Waals surface area contributed by atoms with Crippen molar-refractivity contribution in [3.05, 3.63) is 36.4 Å². The van der Waals surface area contributed by atoms with Crippen molar-refractivity contribution in [1.29, 1.82) is 0 Å². The lowest BCUT2D eigenvalue weighted by Crippen LogP contribution is -2.04. The van der Waals surface area contributed by atoms with Gasteiger partial charge < -0.3 is 4.74 Å². The minimum Gasteiger partial charge on any atom is -0.423 e. The Bertz CT molecular complexity index is 445. The maximum absolute atomic E-state index is 11.0. The summed E-state index contributed by atoms with van der Waals surface area (Å²) in [5.74, 6) is -0.193. The molecule has 0 aliphatic heterocycles. The number of carbonyl (C=O) groups excluding carboxylic acids is 2. The van der Waals surface area contributed by atoms with Crippen molar-refractivity contribution < 1.29 is 14.3 Å². The van der Waals surface area contributed by atoms with Crippen molar-refractivity contribution in [1.82, 2.24) is 0 Å². The monoisotopic (exact) mass is 203 g/mol. The highest BCUT2D eigenvalue weighted by Crippen LogP contribution is 2.27. The van der Waals surface area contributed by atoms with Gasteiger partial charge in [0.2, 0.25) is 6.08 Å². The number of aliphatic imine (C=N–C) groups is 1. The van der Waals surface area contributed by atoms with Crippen LogP contribution in [0.15, 0.2) is 35.8 Å². The van der Waals surface area contributed by atoms with Gasteiger partial charge in [0.1, 0.15) is 5.75 Å². The van der Waals surface area contributed by atoms with Crippen molar-refractivity contribution in [2.45, 2.75) is 6.92 Å². The third-order valence-corrected chi connectivity index (χ3v) is 1.80. The van der Waals surface area contributed by atoms with Crippen LogP contribution in [0.5, 0.6) is 5.75 Å². The summed E-state index contributed by atoms with van der Waals surface area (Å²) in [7, 11) is 0. The van der Waals surface area contributed by atoms with E-state index in [0.29, 0.717) is 17.0 Å². The SMILES string of the molecule is C=CC(=O)Oc1cccc(N=C=O)c1C. The summed E-state index contributed by atoms with van der Waals surface area (Å²) in [6.07, 6.45) is 2.50. The van der Waals surface area contributed by atoms with E-state index < -0.39 is 5.97 Å². The molecule has 1 aromatic rings. The second kappa shape index (κ2) is 4.88. The smallest absolute Gasteiger partial charge is 0.335 e. The van der Waals surface area contributed by atoms with Crippen LogP contribution in [0.4, 0.5) is 5.69 Å². The average molecular weight is 203 g/mol. The first-order chi connectivity index (χ1) is 7.19. The van der Waals surface area contributed by atoms with E-state index in [1.54, 1.807) is 25.1 Å². The molecule has 1 aromatic carbocycles. The normalized spacial score (nSPS) is 8.87. The van der Waals surface area contributed by atoms with Crippen LogP contribution in [-0.4, -0.2) is 12.0 Å². The maximum atomic E-state index is 11.0. The fraction of sp³-hybridized carbons (Fsp3) is 0.0909. The van der Waals surface area contributed by atoms with Crippen LogP contribution in [0, 0.1) is 6.92 Å². The molecule has 4 heteroatoms. The highest BCUT2D eigenvalue weighted by Gasteiger charge is 2.06. The molecule has 4 nitrogen and oxygen atoms in total. The van der Waals surface area contributed by atoms with E-state index in [0.717, 1.165) is 6.08 Å². The van der Waals surface area contributed by atoms with Crippen LogP contribution < -0.4 is 4.74 Å². The molecule has 15 heavy (non-hydrogen) atoms. The van der Waals surface area contributed by atoms with Gasteiger partial charge >= 0.3 is 5.97 Å². The van der Waals surface area contributed by atoms with Crippen molar-refractivity contribution in [3.63, 3.8) is 0 Å². The molecule has 0 unspecified atom stereocenters. The summed E-state index contributed by atoms with van der Waals surface area (Å²) in [6, 6.07) is 4.88. The summed E-state index contributed by atoms with van der Waals surface area (Å²) in [5, 5.41) is 0. The first kappa shape index (κ1) is 10.9. The predicted octanol–water partition coefficient (Wildman–Crippen LogP) is 2.05. The van der Waals surface area contributed by atoms with E-state index in [1.807, 2.05) is 0 Å². The molecule has 1 rings (SSSR count). The Morgan fingerprint density at radius 3 is 2.93 bits per heavy atom. The maximum Gasteiger partial charge on any atom is 0.335 e. The lowest BCUT2D eigenvalue weighted by Gasteiger charge is -2.06. The molecule has 0 atom stereocenters. The van der Waals surface area contributed by atoms with Crippen molar-refractivity contribution in [2.24, 2.45) is 4.99 Å². The Labute approximate surface area is 86.9 Å². The van der Waals surface area contributed by atoms with Crippen LogP contribution in [0.3, 0.4) is 0 Å². The molecule has 0 fully saturated rings. The molecule has 0 aliphatic carbocycles. The second-order valence-electron chi connectivity index (χ2n) is 2.73.